The van der Waals surface area contributed by atoms with Crippen molar-refractivity contribution in [3.05, 3.63) is 66.0 Å². The SMILES string of the molecule is CC[C@H](Oc1ccc(F)cc1)C(=O)Nc1nnc(S(=O)(=O)Cc2ccccc2)s1. The number of amides is 1. The second-order valence-corrected chi connectivity index (χ2v) is 9.22. The number of rotatable bonds is 8. The monoisotopic (exact) mass is 435 g/mol. The maximum atomic E-state index is 13.0. The highest BCUT2D eigenvalue weighted by atomic mass is 32.2. The lowest BCUT2D eigenvalue weighted by Crippen LogP contribution is -2.32. The van der Waals surface area contributed by atoms with E-state index in [1.165, 1.54) is 24.3 Å². The van der Waals surface area contributed by atoms with Gasteiger partial charge >= 0.3 is 0 Å². The summed E-state index contributed by atoms with van der Waals surface area (Å²) in [5.41, 5.74) is 0.632. The summed E-state index contributed by atoms with van der Waals surface area (Å²) in [6.07, 6.45) is -0.505. The Kier molecular flexibility index (Phi) is 6.55. The van der Waals surface area contributed by atoms with Gasteiger partial charge in [0.25, 0.3) is 5.91 Å². The molecule has 0 aliphatic heterocycles. The minimum absolute atomic E-state index is 0.0581. The predicted molar refractivity (Wildman–Crippen MR) is 107 cm³/mol. The molecule has 10 heteroatoms. The molecule has 1 atom stereocenters. The molecule has 7 nitrogen and oxygen atoms in total. The molecule has 0 unspecified atom stereocenters. The Morgan fingerprint density at radius 1 is 1.14 bits per heavy atom. The lowest BCUT2D eigenvalue weighted by atomic mass is 10.2. The van der Waals surface area contributed by atoms with Gasteiger partial charge in [0.1, 0.15) is 11.6 Å². The smallest absolute Gasteiger partial charge is 0.267 e. The van der Waals surface area contributed by atoms with Crippen LogP contribution in [-0.4, -0.2) is 30.6 Å². The van der Waals surface area contributed by atoms with Crippen molar-refractivity contribution < 1.29 is 22.3 Å². The molecule has 0 radical (unpaired) electrons. The van der Waals surface area contributed by atoms with Crippen LogP contribution < -0.4 is 10.1 Å². The van der Waals surface area contributed by atoms with E-state index in [1.807, 2.05) is 0 Å². The zero-order chi connectivity index (χ0) is 20.9. The van der Waals surface area contributed by atoms with Crippen LogP contribution in [0.25, 0.3) is 0 Å². The van der Waals surface area contributed by atoms with E-state index in [-0.39, 0.29) is 15.2 Å². The molecule has 3 rings (SSSR count). The number of benzene rings is 2. The summed E-state index contributed by atoms with van der Waals surface area (Å²) in [7, 11) is -3.68. The van der Waals surface area contributed by atoms with Gasteiger partial charge in [-0.15, -0.1) is 10.2 Å². The number of nitrogens with one attached hydrogen (secondary N) is 1. The minimum Gasteiger partial charge on any atom is -0.481 e. The standard InChI is InChI=1S/C19H18FN3O4S2/c1-2-16(27-15-10-8-14(20)9-11-15)17(24)21-18-22-23-19(28-18)29(25,26)12-13-6-4-3-5-7-13/h3-11,16H,2,12H2,1H3,(H,21,22,24)/t16-/m0/s1. The number of anilines is 1. The Bertz CT molecular complexity index is 1070. The van der Waals surface area contributed by atoms with Crippen LogP contribution in [-0.2, 0) is 20.4 Å². The van der Waals surface area contributed by atoms with Crippen LogP contribution in [0.4, 0.5) is 9.52 Å². The number of hydrogen-bond acceptors (Lipinski definition) is 7. The van der Waals surface area contributed by atoms with Crippen molar-refractivity contribution >= 4 is 32.2 Å². The first-order valence-electron chi connectivity index (χ1n) is 8.70. The van der Waals surface area contributed by atoms with Crippen LogP contribution in [0.3, 0.4) is 0 Å². The third kappa shape index (κ3) is 5.58. The number of nitrogens with zero attached hydrogens (tertiary/aromatic N) is 2. The van der Waals surface area contributed by atoms with Crippen molar-refractivity contribution in [2.45, 2.75) is 29.5 Å². The second-order valence-electron chi connectivity index (χ2n) is 6.08. The van der Waals surface area contributed by atoms with Crippen molar-refractivity contribution in [2.24, 2.45) is 0 Å². The fourth-order valence-corrected chi connectivity index (χ4v) is 4.75. The highest BCUT2D eigenvalue weighted by Gasteiger charge is 2.24. The topological polar surface area (TPSA) is 98.2 Å². The van der Waals surface area contributed by atoms with Gasteiger partial charge in [0.15, 0.2) is 6.10 Å². The number of halogens is 1. The maximum Gasteiger partial charge on any atom is 0.267 e. The van der Waals surface area contributed by atoms with Crippen molar-refractivity contribution in [1.29, 1.82) is 0 Å². The zero-order valence-electron chi connectivity index (χ0n) is 15.4. The molecular weight excluding hydrogens is 417 g/mol. The van der Waals surface area contributed by atoms with Gasteiger partial charge in [-0.2, -0.15) is 0 Å². The van der Waals surface area contributed by atoms with Gasteiger partial charge in [-0.25, -0.2) is 12.8 Å². The molecule has 0 fully saturated rings. The molecule has 1 heterocycles. The van der Waals surface area contributed by atoms with E-state index in [0.29, 0.717) is 17.7 Å². The van der Waals surface area contributed by atoms with E-state index in [2.05, 4.69) is 15.5 Å². The zero-order valence-corrected chi connectivity index (χ0v) is 17.0. The van der Waals surface area contributed by atoms with Gasteiger partial charge in [-0.05, 0) is 36.2 Å². The van der Waals surface area contributed by atoms with Crippen LogP contribution in [0.15, 0.2) is 58.9 Å². The maximum absolute atomic E-state index is 13.0. The Hall–Kier alpha value is -2.85. The van der Waals surface area contributed by atoms with Gasteiger partial charge in [-0.3, -0.25) is 10.1 Å². The molecular formula is C19H18FN3O4S2. The van der Waals surface area contributed by atoms with Crippen LogP contribution >= 0.6 is 11.3 Å². The first-order chi connectivity index (χ1) is 13.9. The van der Waals surface area contributed by atoms with Gasteiger partial charge in [-0.1, -0.05) is 48.6 Å². The summed E-state index contributed by atoms with van der Waals surface area (Å²) in [6, 6.07) is 14.0. The summed E-state index contributed by atoms with van der Waals surface area (Å²) >= 11 is 0.776. The van der Waals surface area contributed by atoms with Crippen LogP contribution in [0.2, 0.25) is 0 Å². The second kappa shape index (κ2) is 9.10. The van der Waals surface area contributed by atoms with Gasteiger partial charge in [0, 0.05) is 0 Å². The highest BCUT2D eigenvalue weighted by Crippen LogP contribution is 2.24. The fraction of sp³-hybridized carbons (Fsp3) is 0.211. The van der Waals surface area contributed by atoms with Gasteiger partial charge in [0.2, 0.25) is 19.3 Å². The molecule has 152 valence electrons. The molecule has 29 heavy (non-hydrogen) atoms. The molecule has 0 aliphatic carbocycles. The van der Waals surface area contributed by atoms with Crippen molar-refractivity contribution in [1.82, 2.24) is 10.2 Å². The lowest BCUT2D eigenvalue weighted by molar-refractivity contribution is -0.122. The normalized spacial score (nSPS) is 12.3. The van der Waals surface area contributed by atoms with E-state index in [4.69, 9.17) is 4.74 Å². The number of carbonyl (C=O) groups excluding carboxylic acids is 1. The molecule has 3 aromatic rings. The number of aromatic nitrogens is 2. The molecule has 0 saturated carbocycles. The van der Waals surface area contributed by atoms with Crippen LogP contribution in [0.5, 0.6) is 5.75 Å². The van der Waals surface area contributed by atoms with Crippen molar-refractivity contribution in [3.8, 4) is 5.75 Å². The Balaban J connectivity index is 1.66. The Morgan fingerprint density at radius 3 is 2.48 bits per heavy atom. The molecule has 1 N–H and O–H groups in total. The average molecular weight is 436 g/mol. The van der Waals surface area contributed by atoms with Crippen LogP contribution in [0, 0.1) is 5.82 Å². The van der Waals surface area contributed by atoms with E-state index >= 15 is 0 Å². The van der Waals surface area contributed by atoms with Crippen LogP contribution in [0.1, 0.15) is 18.9 Å². The van der Waals surface area contributed by atoms with Gasteiger partial charge < -0.3 is 4.74 Å². The van der Waals surface area contributed by atoms with Crippen molar-refractivity contribution in [2.75, 3.05) is 5.32 Å². The highest BCUT2D eigenvalue weighted by molar-refractivity contribution is 7.92. The summed E-state index contributed by atoms with van der Waals surface area (Å²) in [5.74, 6) is -0.772. The molecule has 0 bridgehead atoms. The largest absolute Gasteiger partial charge is 0.481 e. The molecule has 1 aromatic heterocycles. The molecule has 2 aromatic carbocycles. The third-order valence-corrected chi connectivity index (χ3v) is 6.83. The van der Waals surface area contributed by atoms with Crippen molar-refractivity contribution in [3.63, 3.8) is 0 Å². The fourth-order valence-electron chi connectivity index (χ4n) is 2.43. The number of sulfone groups is 1. The number of hydrogen-bond donors (Lipinski definition) is 1. The Labute approximate surface area is 171 Å². The third-order valence-electron chi connectivity index (χ3n) is 3.86. The summed E-state index contributed by atoms with van der Waals surface area (Å²) in [5, 5.41) is 10.0. The lowest BCUT2D eigenvalue weighted by Gasteiger charge is -2.16. The van der Waals surface area contributed by atoms with Gasteiger partial charge in [0.05, 0.1) is 5.75 Å². The van der Waals surface area contributed by atoms with E-state index < -0.39 is 27.7 Å². The first-order valence-corrected chi connectivity index (χ1v) is 11.2. The predicted octanol–water partition coefficient (Wildman–Crippen LogP) is 3.45. The van der Waals surface area contributed by atoms with E-state index in [1.54, 1.807) is 37.3 Å². The molecule has 1 amide bonds. The minimum atomic E-state index is -3.68. The molecule has 0 saturated heterocycles. The molecule has 0 spiro atoms. The number of ether oxygens (including phenoxy) is 1. The summed E-state index contributed by atoms with van der Waals surface area (Å²) in [4.78, 5) is 12.4. The summed E-state index contributed by atoms with van der Waals surface area (Å²) < 4.78 is 43.4. The first kappa shape index (κ1) is 20.9. The molecule has 0 aliphatic rings. The average Bonchev–Trinajstić information content (AvgIpc) is 3.17. The van der Waals surface area contributed by atoms with E-state index in [0.717, 1.165) is 11.3 Å². The Morgan fingerprint density at radius 2 is 1.83 bits per heavy atom. The quantitative estimate of drug-likeness (QED) is 0.544. The number of carbonyl (C=O) groups is 1. The van der Waals surface area contributed by atoms with E-state index in [9.17, 15) is 17.6 Å². The summed E-state index contributed by atoms with van der Waals surface area (Å²) in [6.45, 7) is 1.75.